The molecule has 1 saturated carbocycles. The number of nitrogen functional groups attached to an aromatic ring is 1. The third kappa shape index (κ3) is 2.99. The van der Waals surface area contributed by atoms with E-state index in [9.17, 15) is 0 Å². The van der Waals surface area contributed by atoms with Gasteiger partial charge in [-0.25, -0.2) is 4.98 Å². The summed E-state index contributed by atoms with van der Waals surface area (Å²) in [4.78, 5) is 14.7. The van der Waals surface area contributed by atoms with Crippen LogP contribution in [0.15, 0.2) is 36.5 Å². The maximum absolute atomic E-state index is 6.04. The molecule has 1 aliphatic carbocycles. The molecule has 1 aromatic carbocycles. The third-order valence-electron chi connectivity index (χ3n) is 5.80. The van der Waals surface area contributed by atoms with Crippen LogP contribution in [0.2, 0.25) is 0 Å². The fraction of sp³-hybridized carbons (Fsp3) is 0.364. The molecule has 0 spiro atoms. The Morgan fingerprint density at radius 3 is 2.82 bits per heavy atom. The van der Waals surface area contributed by atoms with Crippen LogP contribution in [-0.2, 0) is 0 Å². The number of hydrogen-bond donors (Lipinski definition) is 2. The van der Waals surface area contributed by atoms with Crippen LogP contribution >= 0.6 is 0 Å². The van der Waals surface area contributed by atoms with E-state index in [1.165, 1.54) is 31.4 Å². The molecule has 0 unspecified atom stereocenters. The van der Waals surface area contributed by atoms with Crippen molar-refractivity contribution in [3.63, 3.8) is 0 Å². The minimum Gasteiger partial charge on any atom is -0.490 e. The highest BCUT2D eigenvalue weighted by molar-refractivity contribution is 5.82. The zero-order chi connectivity index (χ0) is 19.1. The molecule has 0 saturated heterocycles. The number of nitrogens with one attached hydrogen (secondary N) is 1. The topological polar surface area (TPSA) is 80.1 Å². The van der Waals surface area contributed by atoms with E-state index in [4.69, 9.17) is 10.5 Å². The fourth-order valence-corrected chi connectivity index (χ4v) is 4.49. The van der Waals surface area contributed by atoms with Crippen LogP contribution in [0.5, 0.6) is 5.75 Å². The van der Waals surface area contributed by atoms with Crippen molar-refractivity contribution in [1.82, 2.24) is 15.0 Å². The lowest BCUT2D eigenvalue weighted by molar-refractivity contribution is 0.300. The second-order valence-corrected chi connectivity index (χ2v) is 7.69. The van der Waals surface area contributed by atoms with E-state index in [0.717, 1.165) is 47.1 Å². The normalized spacial score (nSPS) is 16.8. The molecule has 1 fully saturated rings. The number of nitrogens with two attached hydrogens (primary N) is 1. The van der Waals surface area contributed by atoms with Crippen LogP contribution in [-0.4, -0.2) is 34.1 Å². The van der Waals surface area contributed by atoms with Crippen LogP contribution < -0.4 is 15.4 Å². The molecular weight excluding hydrogens is 350 g/mol. The quantitative estimate of drug-likeness (QED) is 0.718. The summed E-state index contributed by atoms with van der Waals surface area (Å²) < 4.78 is 5.94. The van der Waals surface area contributed by atoms with Crippen molar-refractivity contribution < 1.29 is 4.74 Å². The van der Waals surface area contributed by atoms with Gasteiger partial charge in [-0.1, -0.05) is 12.8 Å². The number of hydrogen-bond acceptors (Lipinski definition) is 5. The lowest BCUT2D eigenvalue weighted by Gasteiger charge is -2.36. The predicted molar refractivity (Wildman–Crippen MR) is 112 cm³/mol. The fourth-order valence-electron chi connectivity index (χ4n) is 4.49. The lowest BCUT2D eigenvalue weighted by Crippen LogP contribution is -2.39. The molecule has 2 aromatic heterocycles. The molecule has 6 nitrogen and oxygen atoms in total. The van der Waals surface area contributed by atoms with Crippen LogP contribution in [0.1, 0.15) is 31.4 Å². The number of H-pyrrole nitrogens is 1. The number of fused-ring (bicyclic) bond motifs is 1. The monoisotopic (exact) mass is 375 g/mol. The molecule has 0 atom stereocenters. The second-order valence-electron chi connectivity index (χ2n) is 7.69. The molecule has 3 heterocycles. The first-order valence-electron chi connectivity index (χ1n) is 10.0. The van der Waals surface area contributed by atoms with Gasteiger partial charge in [0.25, 0.3) is 0 Å². The molecule has 144 valence electrons. The van der Waals surface area contributed by atoms with Crippen molar-refractivity contribution in [3.8, 4) is 28.3 Å². The van der Waals surface area contributed by atoms with Gasteiger partial charge in [0.15, 0.2) is 5.95 Å². The van der Waals surface area contributed by atoms with Gasteiger partial charge < -0.3 is 20.4 Å². The van der Waals surface area contributed by atoms with Gasteiger partial charge >= 0.3 is 0 Å². The zero-order valence-electron chi connectivity index (χ0n) is 16.1. The summed E-state index contributed by atoms with van der Waals surface area (Å²) >= 11 is 0. The summed E-state index contributed by atoms with van der Waals surface area (Å²) in [5.74, 6) is 1.38. The molecule has 5 rings (SSSR count). The molecule has 2 aliphatic rings. The summed E-state index contributed by atoms with van der Waals surface area (Å²) in [5, 5.41) is 0. The van der Waals surface area contributed by atoms with Crippen molar-refractivity contribution in [2.75, 3.05) is 23.8 Å². The molecule has 0 radical (unpaired) electrons. The van der Waals surface area contributed by atoms with Gasteiger partial charge in [-0.05, 0) is 50.1 Å². The average Bonchev–Trinajstić information content (AvgIpc) is 3.37. The smallest absolute Gasteiger partial charge is 0.198 e. The number of benzene rings is 1. The Morgan fingerprint density at radius 2 is 2.00 bits per heavy atom. The Kier molecular flexibility index (Phi) is 4.19. The molecule has 28 heavy (non-hydrogen) atoms. The molecular formula is C22H25N5O. The van der Waals surface area contributed by atoms with E-state index >= 15 is 0 Å². The Balaban J connectivity index is 1.59. The summed E-state index contributed by atoms with van der Waals surface area (Å²) in [7, 11) is 0. The van der Waals surface area contributed by atoms with Gasteiger partial charge in [-0.15, -0.1) is 0 Å². The van der Waals surface area contributed by atoms with E-state index in [1.54, 1.807) is 0 Å². The molecule has 3 aromatic rings. The third-order valence-corrected chi connectivity index (χ3v) is 5.80. The van der Waals surface area contributed by atoms with E-state index < -0.39 is 0 Å². The molecule has 0 amide bonds. The Labute approximate surface area is 164 Å². The van der Waals surface area contributed by atoms with E-state index in [1.807, 2.05) is 25.3 Å². The molecule has 3 N–H and O–H groups in total. The number of nitrogens with zero attached hydrogens (tertiary/aromatic N) is 3. The highest BCUT2D eigenvalue weighted by Crippen LogP contribution is 2.41. The van der Waals surface area contributed by atoms with Crippen molar-refractivity contribution >= 4 is 11.6 Å². The number of aromatic nitrogens is 3. The van der Waals surface area contributed by atoms with Gasteiger partial charge in [0, 0.05) is 29.1 Å². The SMILES string of the molecule is Cc1cc(-c2[nH]c(N)nc2-c2ccc3c(c2)N(C2CCCC2)CCO3)ccn1. The number of imidazole rings is 1. The standard InChI is InChI=1S/C22H25N5O/c1-14-12-16(8-9-24-14)21-20(25-22(23)26-21)15-6-7-19-18(13-15)27(10-11-28-19)17-4-2-3-5-17/h6-9,12-13,17H,2-5,10-11H2,1H3,(H3,23,25,26). The van der Waals surface area contributed by atoms with Crippen LogP contribution in [0.25, 0.3) is 22.5 Å². The van der Waals surface area contributed by atoms with E-state index in [2.05, 4.69) is 38.1 Å². The van der Waals surface area contributed by atoms with Crippen LogP contribution in [0.4, 0.5) is 11.6 Å². The van der Waals surface area contributed by atoms with Gasteiger partial charge in [0.1, 0.15) is 12.4 Å². The maximum atomic E-state index is 6.04. The molecule has 1 aliphatic heterocycles. The first-order chi connectivity index (χ1) is 13.7. The Morgan fingerprint density at radius 1 is 1.14 bits per heavy atom. The summed E-state index contributed by atoms with van der Waals surface area (Å²) in [5.41, 5.74) is 12.0. The average molecular weight is 375 g/mol. The number of aryl methyl sites for hydroxylation is 1. The highest BCUT2D eigenvalue weighted by atomic mass is 16.5. The summed E-state index contributed by atoms with van der Waals surface area (Å²) in [6.07, 6.45) is 6.98. The molecule has 6 heteroatoms. The largest absolute Gasteiger partial charge is 0.490 e. The number of pyridine rings is 1. The zero-order valence-corrected chi connectivity index (χ0v) is 16.1. The van der Waals surface area contributed by atoms with Crippen molar-refractivity contribution in [2.45, 2.75) is 38.6 Å². The van der Waals surface area contributed by atoms with Crippen molar-refractivity contribution in [2.24, 2.45) is 0 Å². The Hall–Kier alpha value is -3.02. The van der Waals surface area contributed by atoms with E-state index in [-0.39, 0.29) is 0 Å². The van der Waals surface area contributed by atoms with Gasteiger partial charge in [-0.3, -0.25) is 4.98 Å². The van der Waals surface area contributed by atoms with Gasteiger partial charge in [0.2, 0.25) is 0 Å². The van der Waals surface area contributed by atoms with E-state index in [0.29, 0.717) is 12.0 Å². The Bertz CT molecular complexity index is 1010. The number of anilines is 2. The number of ether oxygens (including phenoxy) is 1. The number of aromatic amines is 1. The predicted octanol–water partition coefficient (Wildman–Crippen LogP) is 4.17. The summed E-state index contributed by atoms with van der Waals surface area (Å²) in [6.45, 7) is 3.68. The maximum Gasteiger partial charge on any atom is 0.198 e. The first-order valence-corrected chi connectivity index (χ1v) is 10.0. The highest BCUT2D eigenvalue weighted by Gasteiger charge is 2.28. The summed E-state index contributed by atoms with van der Waals surface area (Å²) in [6, 6.07) is 11.0. The minimum atomic E-state index is 0.418. The minimum absolute atomic E-state index is 0.418. The van der Waals surface area contributed by atoms with Crippen molar-refractivity contribution in [1.29, 1.82) is 0 Å². The van der Waals surface area contributed by atoms with Crippen LogP contribution in [0, 0.1) is 6.92 Å². The van der Waals surface area contributed by atoms with Gasteiger partial charge in [0.05, 0.1) is 23.6 Å². The van der Waals surface area contributed by atoms with Crippen LogP contribution in [0.3, 0.4) is 0 Å². The lowest BCUT2D eigenvalue weighted by atomic mass is 10.0. The van der Waals surface area contributed by atoms with Gasteiger partial charge in [-0.2, -0.15) is 0 Å². The number of rotatable bonds is 3. The first kappa shape index (κ1) is 17.1. The second kappa shape index (κ2) is 6.86. The van der Waals surface area contributed by atoms with Crippen molar-refractivity contribution in [3.05, 3.63) is 42.2 Å². The molecule has 0 bridgehead atoms.